The first-order valence-electron chi connectivity index (χ1n) is 6.72. The molecule has 0 radical (unpaired) electrons. The van der Waals surface area contributed by atoms with Gasteiger partial charge in [0.25, 0.3) is 0 Å². The van der Waals surface area contributed by atoms with Crippen LogP contribution in [-0.4, -0.2) is 25.6 Å². The van der Waals surface area contributed by atoms with E-state index in [-0.39, 0.29) is 0 Å². The Kier molecular flexibility index (Phi) is 4.84. The highest BCUT2D eigenvalue weighted by Gasteiger charge is 2.17. The van der Waals surface area contributed by atoms with E-state index in [2.05, 4.69) is 22.2 Å². The van der Waals surface area contributed by atoms with Gasteiger partial charge in [0.15, 0.2) is 0 Å². The van der Waals surface area contributed by atoms with Crippen molar-refractivity contribution in [3.8, 4) is 0 Å². The van der Waals surface area contributed by atoms with Crippen LogP contribution < -0.4 is 10.2 Å². The SMILES string of the molecule is CNCc1nc(N(C)CC2CCCC2)ccc1Cl. The molecule has 0 bridgehead atoms. The Bertz CT molecular complexity index is 389. The minimum Gasteiger partial charge on any atom is -0.359 e. The first-order valence-corrected chi connectivity index (χ1v) is 7.09. The zero-order chi connectivity index (χ0) is 13.0. The number of halogens is 1. The maximum atomic E-state index is 6.13. The second-order valence-electron chi connectivity index (χ2n) is 5.16. The molecule has 1 N–H and O–H groups in total. The average molecular weight is 268 g/mol. The summed E-state index contributed by atoms with van der Waals surface area (Å²) in [5.41, 5.74) is 0.926. The summed E-state index contributed by atoms with van der Waals surface area (Å²) >= 11 is 6.13. The fraction of sp³-hybridized carbons (Fsp3) is 0.643. The van der Waals surface area contributed by atoms with Crippen molar-refractivity contribution in [2.75, 3.05) is 25.5 Å². The number of hydrogen-bond acceptors (Lipinski definition) is 3. The van der Waals surface area contributed by atoms with Gasteiger partial charge in [-0.15, -0.1) is 0 Å². The van der Waals surface area contributed by atoms with Gasteiger partial charge >= 0.3 is 0 Å². The molecule has 1 saturated carbocycles. The molecule has 0 saturated heterocycles. The van der Waals surface area contributed by atoms with Gasteiger partial charge in [-0.3, -0.25) is 0 Å². The molecule has 18 heavy (non-hydrogen) atoms. The lowest BCUT2D eigenvalue weighted by atomic mass is 10.1. The van der Waals surface area contributed by atoms with Crippen LogP contribution in [0.1, 0.15) is 31.4 Å². The van der Waals surface area contributed by atoms with E-state index in [1.165, 1.54) is 25.7 Å². The van der Waals surface area contributed by atoms with Crippen molar-refractivity contribution >= 4 is 17.4 Å². The van der Waals surface area contributed by atoms with Crippen LogP contribution >= 0.6 is 11.6 Å². The van der Waals surface area contributed by atoms with Crippen LogP contribution in [0.15, 0.2) is 12.1 Å². The number of pyridine rings is 1. The number of aromatic nitrogens is 1. The monoisotopic (exact) mass is 267 g/mol. The van der Waals surface area contributed by atoms with Crippen molar-refractivity contribution in [2.45, 2.75) is 32.2 Å². The van der Waals surface area contributed by atoms with Crippen molar-refractivity contribution in [3.05, 3.63) is 22.8 Å². The number of nitrogens with zero attached hydrogens (tertiary/aromatic N) is 2. The van der Waals surface area contributed by atoms with E-state index < -0.39 is 0 Å². The third-order valence-electron chi connectivity index (χ3n) is 3.65. The van der Waals surface area contributed by atoms with Gasteiger partial charge in [-0.1, -0.05) is 24.4 Å². The summed E-state index contributed by atoms with van der Waals surface area (Å²) in [6, 6.07) is 3.96. The van der Waals surface area contributed by atoms with Crippen LogP contribution in [0.2, 0.25) is 5.02 Å². The number of hydrogen-bond donors (Lipinski definition) is 1. The second kappa shape index (κ2) is 6.39. The first-order chi connectivity index (χ1) is 8.70. The molecule has 3 nitrogen and oxygen atoms in total. The van der Waals surface area contributed by atoms with Crippen molar-refractivity contribution < 1.29 is 0 Å². The Balaban J connectivity index is 2.04. The summed E-state index contributed by atoms with van der Waals surface area (Å²) in [6.45, 7) is 1.82. The fourth-order valence-corrected chi connectivity index (χ4v) is 2.82. The molecule has 0 atom stereocenters. The predicted molar refractivity (Wildman–Crippen MR) is 77.2 cm³/mol. The Labute approximate surface area is 115 Å². The lowest BCUT2D eigenvalue weighted by Crippen LogP contribution is -2.25. The molecule has 1 fully saturated rings. The Morgan fingerprint density at radius 2 is 2.11 bits per heavy atom. The molecule has 1 heterocycles. The van der Waals surface area contributed by atoms with Crippen LogP contribution in [0.3, 0.4) is 0 Å². The average Bonchev–Trinajstić information content (AvgIpc) is 2.85. The molecule has 100 valence electrons. The normalized spacial score (nSPS) is 16.2. The van der Waals surface area contributed by atoms with Gasteiger partial charge in [0.2, 0.25) is 0 Å². The van der Waals surface area contributed by atoms with Gasteiger partial charge in [-0.25, -0.2) is 4.98 Å². The maximum absolute atomic E-state index is 6.13. The van der Waals surface area contributed by atoms with Crippen LogP contribution in [0.25, 0.3) is 0 Å². The van der Waals surface area contributed by atoms with E-state index >= 15 is 0 Å². The van der Waals surface area contributed by atoms with Crippen molar-refractivity contribution in [1.29, 1.82) is 0 Å². The molecular weight excluding hydrogens is 246 g/mol. The summed E-state index contributed by atoms with van der Waals surface area (Å²) < 4.78 is 0. The third kappa shape index (κ3) is 3.36. The summed E-state index contributed by atoms with van der Waals surface area (Å²) in [4.78, 5) is 6.89. The molecule has 1 aromatic rings. The lowest BCUT2D eigenvalue weighted by molar-refractivity contribution is 0.544. The van der Waals surface area contributed by atoms with E-state index in [4.69, 9.17) is 11.6 Å². The predicted octanol–water partition coefficient (Wildman–Crippen LogP) is 3.08. The number of rotatable bonds is 5. The smallest absolute Gasteiger partial charge is 0.128 e. The Morgan fingerprint density at radius 3 is 2.78 bits per heavy atom. The summed E-state index contributed by atoms with van der Waals surface area (Å²) in [5, 5.41) is 3.84. The van der Waals surface area contributed by atoms with Gasteiger partial charge in [0.05, 0.1) is 10.7 Å². The van der Waals surface area contributed by atoms with Crippen molar-refractivity contribution in [2.24, 2.45) is 5.92 Å². The van der Waals surface area contributed by atoms with Crippen LogP contribution in [-0.2, 0) is 6.54 Å². The lowest BCUT2D eigenvalue weighted by Gasteiger charge is -2.22. The first kappa shape index (κ1) is 13.6. The minimum absolute atomic E-state index is 0.712. The van der Waals surface area contributed by atoms with Crippen molar-refractivity contribution in [3.63, 3.8) is 0 Å². The highest BCUT2D eigenvalue weighted by atomic mass is 35.5. The fourth-order valence-electron chi connectivity index (χ4n) is 2.65. The summed E-state index contributed by atoms with van der Waals surface area (Å²) in [7, 11) is 4.03. The molecule has 2 rings (SSSR count). The van der Waals surface area contributed by atoms with Gasteiger partial charge in [-0.05, 0) is 37.9 Å². The minimum atomic E-state index is 0.712. The molecule has 0 aliphatic heterocycles. The third-order valence-corrected chi connectivity index (χ3v) is 3.99. The second-order valence-corrected chi connectivity index (χ2v) is 5.57. The largest absolute Gasteiger partial charge is 0.359 e. The number of anilines is 1. The Morgan fingerprint density at radius 1 is 1.39 bits per heavy atom. The van der Waals surface area contributed by atoms with Gasteiger partial charge in [-0.2, -0.15) is 0 Å². The maximum Gasteiger partial charge on any atom is 0.128 e. The standard InChI is InChI=1S/C14H22ClN3/c1-16-9-13-12(15)7-8-14(17-13)18(2)10-11-5-3-4-6-11/h7-8,11,16H,3-6,9-10H2,1-2H3. The highest BCUT2D eigenvalue weighted by Crippen LogP contribution is 2.27. The van der Waals surface area contributed by atoms with Crippen LogP contribution in [0.5, 0.6) is 0 Å². The van der Waals surface area contributed by atoms with E-state index in [0.717, 1.165) is 29.0 Å². The molecule has 4 heteroatoms. The molecule has 0 amide bonds. The molecule has 1 aromatic heterocycles. The highest BCUT2D eigenvalue weighted by molar-refractivity contribution is 6.31. The molecular formula is C14H22ClN3. The number of nitrogens with one attached hydrogen (secondary N) is 1. The zero-order valence-electron chi connectivity index (χ0n) is 11.2. The van der Waals surface area contributed by atoms with E-state index in [9.17, 15) is 0 Å². The van der Waals surface area contributed by atoms with Gasteiger partial charge in [0.1, 0.15) is 5.82 Å². The summed E-state index contributed by atoms with van der Waals surface area (Å²) in [6.07, 6.45) is 5.50. The Hall–Kier alpha value is -0.800. The van der Waals surface area contributed by atoms with E-state index in [1.54, 1.807) is 0 Å². The van der Waals surface area contributed by atoms with Gasteiger partial charge < -0.3 is 10.2 Å². The van der Waals surface area contributed by atoms with Crippen molar-refractivity contribution in [1.82, 2.24) is 10.3 Å². The summed E-state index contributed by atoms with van der Waals surface area (Å²) in [5.74, 6) is 1.86. The van der Waals surface area contributed by atoms with E-state index in [1.807, 2.05) is 19.2 Å². The quantitative estimate of drug-likeness (QED) is 0.889. The van der Waals surface area contributed by atoms with Gasteiger partial charge in [0, 0.05) is 20.1 Å². The molecule has 0 spiro atoms. The van der Waals surface area contributed by atoms with Crippen LogP contribution in [0.4, 0.5) is 5.82 Å². The molecule has 1 aliphatic rings. The molecule has 1 aliphatic carbocycles. The molecule has 0 unspecified atom stereocenters. The topological polar surface area (TPSA) is 28.2 Å². The zero-order valence-corrected chi connectivity index (χ0v) is 12.0. The van der Waals surface area contributed by atoms with E-state index in [0.29, 0.717) is 6.54 Å². The van der Waals surface area contributed by atoms with Crippen LogP contribution in [0, 0.1) is 5.92 Å². The molecule has 0 aromatic carbocycles.